The van der Waals surface area contributed by atoms with Crippen molar-refractivity contribution in [1.82, 2.24) is 15.3 Å². The second kappa shape index (κ2) is 8.63. The van der Waals surface area contributed by atoms with E-state index in [0.29, 0.717) is 13.0 Å². The summed E-state index contributed by atoms with van der Waals surface area (Å²) in [5.74, 6) is 1.68. The normalized spacial score (nSPS) is 10.2. The lowest BCUT2D eigenvalue weighted by atomic mass is 10.3. The summed E-state index contributed by atoms with van der Waals surface area (Å²) in [6.45, 7) is 3.62. The average Bonchev–Trinajstić information content (AvgIpc) is 2.49. The fraction of sp³-hybridized carbons (Fsp3) is 0.615. The first-order valence-corrected chi connectivity index (χ1v) is 7.91. The minimum atomic E-state index is 0.0281. The molecule has 7 heteroatoms. The Morgan fingerprint density at radius 1 is 1.45 bits per heavy atom. The van der Waals surface area contributed by atoms with Crippen molar-refractivity contribution in [2.24, 2.45) is 0 Å². The maximum Gasteiger partial charge on any atom is 0.221 e. The van der Waals surface area contributed by atoms with Crippen molar-refractivity contribution in [1.29, 1.82) is 0 Å². The molecule has 0 aliphatic carbocycles. The number of hydrogen-bond donors (Lipinski definition) is 2. The molecule has 112 valence electrons. The van der Waals surface area contributed by atoms with Crippen LogP contribution < -0.4 is 15.5 Å². The lowest BCUT2D eigenvalue weighted by Crippen LogP contribution is -2.27. The lowest BCUT2D eigenvalue weighted by molar-refractivity contribution is -0.120. The zero-order valence-electron chi connectivity index (χ0n) is 12.6. The van der Waals surface area contributed by atoms with E-state index in [1.807, 2.05) is 24.3 Å². The van der Waals surface area contributed by atoms with Crippen molar-refractivity contribution in [3.63, 3.8) is 0 Å². The first-order chi connectivity index (χ1) is 9.60. The van der Waals surface area contributed by atoms with Gasteiger partial charge in [-0.25, -0.2) is 9.97 Å². The van der Waals surface area contributed by atoms with Gasteiger partial charge in [0.2, 0.25) is 5.91 Å². The number of hydrogen-bond acceptors (Lipinski definition) is 6. The number of anilines is 2. The van der Waals surface area contributed by atoms with Gasteiger partial charge in [0.05, 0.1) is 0 Å². The smallest absolute Gasteiger partial charge is 0.221 e. The van der Waals surface area contributed by atoms with E-state index in [-0.39, 0.29) is 5.91 Å². The van der Waals surface area contributed by atoms with Gasteiger partial charge in [-0.3, -0.25) is 4.79 Å². The molecule has 1 aromatic heterocycles. The highest BCUT2D eigenvalue weighted by molar-refractivity contribution is 7.98. The summed E-state index contributed by atoms with van der Waals surface area (Å²) < 4.78 is 0. The molecule has 1 heterocycles. The summed E-state index contributed by atoms with van der Waals surface area (Å²) in [6, 6.07) is 1.92. The van der Waals surface area contributed by atoms with E-state index in [1.54, 1.807) is 7.05 Å². The molecule has 0 bridgehead atoms. The molecule has 2 N–H and O–H groups in total. The summed E-state index contributed by atoms with van der Waals surface area (Å²) in [7, 11) is 3.57. The molecule has 0 aliphatic heterocycles. The van der Waals surface area contributed by atoms with Crippen molar-refractivity contribution >= 4 is 29.3 Å². The third-order valence-electron chi connectivity index (χ3n) is 2.78. The molecule has 0 unspecified atom stereocenters. The highest BCUT2D eigenvalue weighted by Crippen LogP contribution is 2.19. The molecular weight excluding hydrogens is 274 g/mol. The van der Waals surface area contributed by atoms with E-state index in [1.165, 1.54) is 11.8 Å². The summed E-state index contributed by atoms with van der Waals surface area (Å²) >= 11 is 1.51. The molecule has 1 aromatic rings. The van der Waals surface area contributed by atoms with E-state index in [4.69, 9.17) is 0 Å². The van der Waals surface area contributed by atoms with E-state index >= 15 is 0 Å². The Hall–Kier alpha value is -1.50. The molecule has 0 radical (unpaired) electrons. The fourth-order valence-electron chi connectivity index (χ4n) is 1.55. The van der Waals surface area contributed by atoms with Crippen LogP contribution in [0, 0.1) is 0 Å². The van der Waals surface area contributed by atoms with Crippen LogP contribution in [0.25, 0.3) is 0 Å². The van der Waals surface area contributed by atoms with Crippen LogP contribution in [-0.2, 0) is 4.79 Å². The Morgan fingerprint density at radius 3 is 2.80 bits per heavy atom. The van der Waals surface area contributed by atoms with Crippen molar-refractivity contribution in [3.8, 4) is 0 Å². The van der Waals surface area contributed by atoms with Crippen molar-refractivity contribution in [2.75, 3.05) is 43.7 Å². The molecule has 1 amide bonds. The Labute approximate surface area is 124 Å². The maximum absolute atomic E-state index is 11.3. The first kappa shape index (κ1) is 16.6. The zero-order chi connectivity index (χ0) is 15.0. The highest BCUT2D eigenvalue weighted by atomic mass is 32.2. The van der Waals surface area contributed by atoms with E-state index in [2.05, 4.69) is 27.5 Å². The molecule has 0 fully saturated rings. The molecule has 0 atom stereocenters. The molecule has 1 rings (SSSR count). The van der Waals surface area contributed by atoms with Gasteiger partial charge < -0.3 is 15.5 Å². The first-order valence-electron chi connectivity index (χ1n) is 6.69. The van der Waals surface area contributed by atoms with Gasteiger partial charge in [-0.15, -0.1) is 0 Å². The molecule has 0 aliphatic rings. The second-order valence-electron chi connectivity index (χ2n) is 4.37. The number of nitrogens with one attached hydrogen (secondary N) is 2. The molecule has 0 aromatic carbocycles. The minimum Gasteiger partial charge on any atom is -0.370 e. The predicted molar refractivity (Wildman–Crippen MR) is 84.5 cm³/mol. The predicted octanol–water partition coefficient (Wildman–Crippen LogP) is 1.59. The van der Waals surface area contributed by atoms with Crippen LogP contribution in [0.3, 0.4) is 0 Å². The highest BCUT2D eigenvalue weighted by Gasteiger charge is 2.09. The van der Waals surface area contributed by atoms with Gasteiger partial charge in [0.1, 0.15) is 11.6 Å². The third-order valence-corrected chi connectivity index (χ3v) is 3.32. The topological polar surface area (TPSA) is 70.2 Å². The lowest BCUT2D eigenvalue weighted by Gasteiger charge is -2.19. The van der Waals surface area contributed by atoms with Crippen LogP contribution in [0.2, 0.25) is 0 Å². The molecule has 20 heavy (non-hydrogen) atoms. The van der Waals surface area contributed by atoms with Crippen LogP contribution >= 0.6 is 11.8 Å². The minimum absolute atomic E-state index is 0.0281. The standard InChI is InChI=1S/C13H23N5OS/c1-5-7-15-10-9-11(17-13(16-10)20-4)18(3)8-6-12(19)14-2/h9H,5-8H2,1-4H3,(H,14,19)(H,15,16,17). The number of amides is 1. The fourth-order valence-corrected chi connectivity index (χ4v) is 1.93. The van der Waals surface area contributed by atoms with Gasteiger partial charge in [-0.1, -0.05) is 18.7 Å². The Kier molecular flexibility index (Phi) is 7.14. The SMILES string of the molecule is CCCNc1cc(N(C)CCC(=O)NC)nc(SC)n1. The third kappa shape index (κ3) is 5.24. The van der Waals surface area contributed by atoms with Gasteiger partial charge in [0.15, 0.2) is 5.16 Å². The zero-order valence-corrected chi connectivity index (χ0v) is 13.4. The van der Waals surface area contributed by atoms with Gasteiger partial charge in [-0.2, -0.15) is 0 Å². The summed E-state index contributed by atoms with van der Waals surface area (Å²) in [4.78, 5) is 22.1. The number of carbonyl (C=O) groups is 1. The Balaban J connectivity index is 2.78. The Morgan fingerprint density at radius 2 is 2.20 bits per heavy atom. The molecule has 6 nitrogen and oxygen atoms in total. The van der Waals surface area contributed by atoms with Crippen molar-refractivity contribution in [3.05, 3.63) is 6.07 Å². The van der Waals surface area contributed by atoms with Crippen LogP contribution in [-0.4, -0.2) is 49.3 Å². The van der Waals surface area contributed by atoms with Crippen LogP contribution in [0.1, 0.15) is 19.8 Å². The number of carbonyl (C=O) groups excluding carboxylic acids is 1. The van der Waals surface area contributed by atoms with Gasteiger partial charge >= 0.3 is 0 Å². The van der Waals surface area contributed by atoms with Crippen molar-refractivity contribution < 1.29 is 4.79 Å². The maximum atomic E-state index is 11.3. The monoisotopic (exact) mass is 297 g/mol. The number of nitrogens with zero attached hydrogens (tertiary/aromatic N) is 3. The summed E-state index contributed by atoms with van der Waals surface area (Å²) in [5.41, 5.74) is 0. The van der Waals surface area contributed by atoms with E-state index in [0.717, 1.165) is 29.8 Å². The molecular formula is C13H23N5OS. The van der Waals surface area contributed by atoms with Gasteiger partial charge in [0.25, 0.3) is 0 Å². The van der Waals surface area contributed by atoms with Crippen LogP contribution in [0.15, 0.2) is 11.2 Å². The van der Waals surface area contributed by atoms with Crippen molar-refractivity contribution in [2.45, 2.75) is 24.9 Å². The molecule has 0 saturated heterocycles. The van der Waals surface area contributed by atoms with Crippen LogP contribution in [0.4, 0.5) is 11.6 Å². The molecule has 0 spiro atoms. The number of thioether (sulfide) groups is 1. The molecule has 0 saturated carbocycles. The number of aromatic nitrogens is 2. The van der Waals surface area contributed by atoms with E-state index in [9.17, 15) is 4.79 Å². The summed E-state index contributed by atoms with van der Waals surface area (Å²) in [5, 5.41) is 6.62. The second-order valence-corrected chi connectivity index (χ2v) is 5.14. The summed E-state index contributed by atoms with van der Waals surface area (Å²) in [6.07, 6.45) is 3.44. The van der Waals surface area contributed by atoms with Crippen LogP contribution in [0.5, 0.6) is 0 Å². The average molecular weight is 297 g/mol. The quantitative estimate of drug-likeness (QED) is 0.561. The number of rotatable bonds is 8. The van der Waals surface area contributed by atoms with E-state index < -0.39 is 0 Å². The Bertz CT molecular complexity index is 441. The van der Waals surface area contributed by atoms with Gasteiger partial charge in [0, 0.05) is 39.7 Å². The van der Waals surface area contributed by atoms with Gasteiger partial charge in [-0.05, 0) is 12.7 Å². The largest absolute Gasteiger partial charge is 0.370 e.